The Morgan fingerprint density at radius 3 is 1.09 bits per heavy atom. The topological polar surface area (TPSA) is 37.3 Å². The van der Waals surface area contributed by atoms with Gasteiger partial charge >= 0.3 is 5.97 Å². The van der Waals surface area contributed by atoms with Gasteiger partial charge in [0.05, 0.1) is 0 Å². The molecular weight excluding hydrogens is 292 g/mol. The zero-order chi connectivity index (χ0) is 16.3. The van der Waals surface area contributed by atoms with Crippen molar-refractivity contribution in [1.29, 1.82) is 0 Å². The highest BCUT2D eigenvalue weighted by Gasteiger charge is 1.97. The van der Waals surface area contributed by atoms with Crippen LogP contribution in [-0.4, -0.2) is 16.8 Å². The lowest BCUT2D eigenvalue weighted by atomic mass is 10.0. The molecule has 0 spiro atoms. The third-order valence-electron chi connectivity index (χ3n) is 4.30. The molecule has 0 aromatic rings. The van der Waals surface area contributed by atoms with Crippen LogP contribution in [-0.2, 0) is 4.79 Å². The van der Waals surface area contributed by atoms with Crippen LogP contribution in [0, 0.1) is 0 Å². The van der Waals surface area contributed by atoms with Crippen LogP contribution in [0.1, 0.15) is 109 Å². The maximum absolute atomic E-state index is 10.4. The number of carboxylic acid groups (broad SMARTS) is 1. The Morgan fingerprint density at radius 2 is 0.818 bits per heavy atom. The van der Waals surface area contributed by atoms with Gasteiger partial charge in [-0.3, -0.25) is 4.79 Å². The quantitative estimate of drug-likeness (QED) is 0.218. The number of thiol groups is 1. The number of unbranched alkanes of at least 4 members (excludes halogenated alkanes) is 15. The number of rotatable bonds is 18. The van der Waals surface area contributed by atoms with Gasteiger partial charge in [-0.15, -0.1) is 0 Å². The van der Waals surface area contributed by atoms with E-state index in [0.717, 1.165) is 18.6 Å². The molecule has 2 nitrogen and oxygen atoms in total. The van der Waals surface area contributed by atoms with Gasteiger partial charge in [-0.25, -0.2) is 0 Å². The second kappa shape index (κ2) is 18.9. The number of carboxylic acids is 1. The van der Waals surface area contributed by atoms with Crippen molar-refractivity contribution in [1.82, 2.24) is 0 Å². The summed E-state index contributed by atoms with van der Waals surface area (Å²) in [6.07, 6.45) is 21.4. The highest BCUT2D eigenvalue weighted by atomic mass is 32.1. The van der Waals surface area contributed by atoms with E-state index < -0.39 is 5.97 Å². The smallest absolute Gasteiger partial charge is 0.303 e. The summed E-state index contributed by atoms with van der Waals surface area (Å²) in [5, 5.41) is 8.54. The SMILES string of the molecule is O=C(O)CCCCCCCCCCCCCCCCCCS. The predicted molar refractivity (Wildman–Crippen MR) is 100.0 cm³/mol. The number of carbonyl (C=O) groups is 1. The van der Waals surface area contributed by atoms with Crippen LogP contribution in [0.4, 0.5) is 0 Å². The summed E-state index contributed by atoms with van der Waals surface area (Å²) in [6, 6.07) is 0. The molecule has 0 aliphatic carbocycles. The Hall–Kier alpha value is -0.180. The number of hydrogen-bond acceptors (Lipinski definition) is 2. The molecule has 0 heterocycles. The first-order valence-corrected chi connectivity index (χ1v) is 10.2. The molecule has 0 bridgehead atoms. The normalized spacial score (nSPS) is 11.0. The van der Waals surface area contributed by atoms with Crippen molar-refractivity contribution in [3.63, 3.8) is 0 Å². The molecule has 0 atom stereocenters. The van der Waals surface area contributed by atoms with Gasteiger partial charge in [0.1, 0.15) is 0 Å². The zero-order valence-electron chi connectivity index (χ0n) is 14.5. The van der Waals surface area contributed by atoms with Crippen LogP contribution in [0.3, 0.4) is 0 Å². The molecule has 0 aliphatic heterocycles. The molecule has 0 rings (SSSR count). The van der Waals surface area contributed by atoms with Gasteiger partial charge in [0.15, 0.2) is 0 Å². The van der Waals surface area contributed by atoms with Crippen molar-refractivity contribution in [2.45, 2.75) is 109 Å². The highest BCUT2D eigenvalue weighted by Crippen LogP contribution is 2.14. The van der Waals surface area contributed by atoms with E-state index >= 15 is 0 Å². The summed E-state index contributed by atoms with van der Waals surface area (Å²) in [4.78, 5) is 10.4. The Balaban J connectivity index is 2.95. The number of hydrogen-bond donors (Lipinski definition) is 2. The van der Waals surface area contributed by atoms with Gasteiger partial charge in [-0.1, -0.05) is 89.9 Å². The molecule has 22 heavy (non-hydrogen) atoms. The third kappa shape index (κ3) is 19.8. The van der Waals surface area contributed by atoms with Crippen LogP contribution in [0.5, 0.6) is 0 Å². The van der Waals surface area contributed by atoms with Crippen LogP contribution >= 0.6 is 12.6 Å². The fourth-order valence-electron chi connectivity index (χ4n) is 2.86. The van der Waals surface area contributed by atoms with E-state index in [0.29, 0.717) is 6.42 Å². The Bertz CT molecular complexity index is 231. The van der Waals surface area contributed by atoms with Gasteiger partial charge in [-0.2, -0.15) is 12.6 Å². The highest BCUT2D eigenvalue weighted by molar-refractivity contribution is 7.80. The molecule has 0 saturated heterocycles. The van der Waals surface area contributed by atoms with E-state index in [1.165, 1.54) is 89.9 Å². The lowest BCUT2D eigenvalue weighted by molar-refractivity contribution is -0.137. The van der Waals surface area contributed by atoms with E-state index in [1.807, 2.05) is 0 Å². The molecule has 0 radical (unpaired) electrons. The molecule has 0 fully saturated rings. The number of aliphatic carboxylic acids is 1. The van der Waals surface area contributed by atoms with Gasteiger partial charge in [0.2, 0.25) is 0 Å². The molecule has 132 valence electrons. The minimum atomic E-state index is -0.655. The average Bonchev–Trinajstić information content (AvgIpc) is 2.50. The molecule has 0 unspecified atom stereocenters. The third-order valence-corrected chi connectivity index (χ3v) is 4.61. The maximum Gasteiger partial charge on any atom is 0.303 e. The molecule has 1 N–H and O–H groups in total. The second-order valence-corrected chi connectivity index (χ2v) is 6.97. The molecule has 3 heteroatoms. The lowest BCUT2D eigenvalue weighted by Crippen LogP contribution is -1.93. The Kier molecular flexibility index (Phi) is 18.7. The van der Waals surface area contributed by atoms with E-state index in [-0.39, 0.29) is 0 Å². The summed E-state index contributed by atoms with van der Waals surface area (Å²) in [6.45, 7) is 0. The largest absolute Gasteiger partial charge is 0.481 e. The van der Waals surface area contributed by atoms with Crippen LogP contribution in [0.25, 0.3) is 0 Å². The van der Waals surface area contributed by atoms with E-state index in [9.17, 15) is 4.79 Å². The summed E-state index contributed by atoms with van der Waals surface area (Å²) >= 11 is 4.23. The van der Waals surface area contributed by atoms with Gasteiger partial charge in [-0.05, 0) is 18.6 Å². The van der Waals surface area contributed by atoms with Crippen molar-refractivity contribution < 1.29 is 9.90 Å². The zero-order valence-corrected chi connectivity index (χ0v) is 15.4. The summed E-state index contributed by atoms with van der Waals surface area (Å²) < 4.78 is 0. The van der Waals surface area contributed by atoms with Crippen LogP contribution in [0.15, 0.2) is 0 Å². The first-order chi connectivity index (χ1) is 10.8. The first kappa shape index (κ1) is 21.8. The van der Waals surface area contributed by atoms with Crippen molar-refractivity contribution in [2.75, 3.05) is 5.75 Å². The summed E-state index contributed by atoms with van der Waals surface area (Å²) in [5.41, 5.74) is 0. The minimum Gasteiger partial charge on any atom is -0.481 e. The lowest BCUT2D eigenvalue weighted by Gasteiger charge is -2.03. The van der Waals surface area contributed by atoms with Crippen molar-refractivity contribution in [3.05, 3.63) is 0 Å². The van der Waals surface area contributed by atoms with E-state index in [4.69, 9.17) is 5.11 Å². The van der Waals surface area contributed by atoms with Gasteiger partial charge in [0.25, 0.3) is 0 Å². The Morgan fingerprint density at radius 1 is 0.545 bits per heavy atom. The van der Waals surface area contributed by atoms with Crippen LogP contribution in [0.2, 0.25) is 0 Å². The molecular formula is C19H38O2S. The fourth-order valence-corrected chi connectivity index (χ4v) is 3.09. The van der Waals surface area contributed by atoms with E-state index in [1.54, 1.807) is 0 Å². The second-order valence-electron chi connectivity index (χ2n) is 6.52. The van der Waals surface area contributed by atoms with Crippen molar-refractivity contribution in [2.24, 2.45) is 0 Å². The standard InChI is InChI=1S/C19H38O2S/c20-19(21)17-15-13-11-9-7-5-3-1-2-4-6-8-10-12-14-16-18-22/h22H,1-18H2,(H,20,21). The van der Waals surface area contributed by atoms with Gasteiger partial charge < -0.3 is 5.11 Å². The molecule has 0 aromatic carbocycles. The predicted octanol–water partition coefficient (Wildman–Crippen LogP) is 6.63. The average molecular weight is 331 g/mol. The molecule has 0 aromatic heterocycles. The summed E-state index contributed by atoms with van der Waals surface area (Å²) in [5.74, 6) is 0.389. The van der Waals surface area contributed by atoms with E-state index in [2.05, 4.69) is 12.6 Å². The van der Waals surface area contributed by atoms with Crippen LogP contribution < -0.4 is 0 Å². The fraction of sp³-hybridized carbons (Fsp3) is 0.947. The molecule has 0 saturated carbocycles. The molecule has 0 aliphatic rings. The van der Waals surface area contributed by atoms with Gasteiger partial charge in [0, 0.05) is 6.42 Å². The molecule has 0 amide bonds. The monoisotopic (exact) mass is 330 g/mol. The first-order valence-electron chi connectivity index (χ1n) is 9.60. The maximum atomic E-state index is 10.4. The summed E-state index contributed by atoms with van der Waals surface area (Å²) in [7, 11) is 0. The Labute approximate surface area is 143 Å². The van der Waals surface area contributed by atoms with Crippen molar-refractivity contribution in [3.8, 4) is 0 Å². The minimum absolute atomic E-state index is 0.342. The van der Waals surface area contributed by atoms with Crippen molar-refractivity contribution >= 4 is 18.6 Å².